The molecule has 4 atom stereocenters. The van der Waals surface area contributed by atoms with E-state index in [0.29, 0.717) is 30.9 Å². The normalized spacial score (nSPS) is 18.5. The van der Waals surface area contributed by atoms with Crippen molar-refractivity contribution in [1.82, 2.24) is 30.3 Å². The van der Waals surface area contributed by atoms with Gasteiger partial charge in [-0.15, -0.1) is 0 Å². The lowest BCUT2D eigenvalue weighted by atomic mass is 10.1. The molecule has 0 spiro atoms. The van der Waals surface area contributed by atoms with Crippen LogP contribution in [0.2, 0.25) is 0 Å². The lowest BCUT2D eigenvalue weighted by Crippen LogP contribution is -2.49. The average Bonchev–Trinajstić information content (AvgIpc) is 2.95. The molecule has 1 aliphatic heterocycles. The van der Waals surface area contributed by atoms with Crippen LogP contribution in [-0.4, -0.2) is 146 Å². The standard InChI is InChI=1S/C27H44N6O9/c1-3-20(35)13-28-24(37)11-22(26(39)40)32-9-7-31(2)8-10-33(16-19-6-4-5-18(15-32)30-19)23(27(41)42)12-25(38)29-14-21(36)17-34/h4-6,20-23,34-36H,3,7-17H2,1-2H3,(H,28,37)(H,29,38)(H,39,40)(H,41,42). The third-order valence-electron chi connectivity index (χ3n) is 7.09. The van der Waals surface area contributed by atoms with Gasteiger partial charge in [-0.25, -0.2) is 0 Å². The van der Waals surface area contributed by atoms with Gasteiger partial charge in [0.15, 0.2) is 0 Å². The lowest BCUT2D eigenvalue weighted by molar-refractivity contribution is -0.146. The Kier molecular flexibility index (Phi) is 14.7. The molecule has 1 aromatic heterocycles. The van der Waals surface area contributed by atoms with Gasteiger partial charge in [0.1, 0.15) is 12.1 Å². The molecule has 15 nitrogen and oxygen atoms in total. The topological polar surface area (TPSA) is 216 Å². The summed E-state index contributed by atoms with van der Waals surface area (Å²) < 4.78 is 0. The molecular weight excluding hydrogens is 552 g/mol. The minimum absolute atomic E-state index is 0.0358. The zero-order valence-corrected chi connectivity index (χ0v) is 24.2. The number of fused-ring (bicyclic) bond motifs is 2. The largest absolute Gasteiger partial charge is 0.480 e. The number of rotatable bonds is 14. The van der Waals surface area contributed by atoms with Gasteiger partial charge in [0, 0.05) is 52.4 Å². The number of nitrogens with one attached hydrogen (secondary N) is 2. The number of carboxylic acid groups (broad SMARTS) is 2. The fourth-order valence-corrected chi connectivity index (χ4v) is 4.43. The van der Waals surface area contributed by atoms with E-state index in [9.17, 15) is 39.6 Å². The van der Waals surface area contributed by atoms with Crippen molar-refractivity contribution in [1.29, 1.82) is 0 Å². The number of amides is 2. The summed E-state index contributed by atoms with van der Waals surface area (Å²) in [6, 6.07) is 2.85. The number of aromatic nitrogens is 1. The summed E-state index contributed by atoms with van der Waals surface area (Å²) in [7, 11) is 1.81. The number of carboxylic acids is 2. The summed E-state index contributed by atoms with van der Waals surface area (Å²) >= 11 is 0. The number of nitrogens with zero attached hydrogens (tertiary/aromatic N) is 4. The minimum Gasteiger partial charge on any atom is -0.480 e. The van der Waals surface area contributed by atoms with Gasteiger partial charge in [0.2, 0.25) is 11.8 Å². The number of aliphatic hydroxyl groups is 3. The van der Waals surface area contributed by atoms with E-state index in [2.05, 4.69) is 15.6 Å². The Morgan fingerprint density at radius 1 is 0.833 bits per heavy atom. The van der Waals surface area contributed by atoms with E-state index >= 15 is 0 Å². The monoisotopic (exact) mass is 596 g/mol. The van der Waals surface area contributed by atoms with Crippen LogP contribution in [0.5, 0.6) is 0 Å². The fraction of sp³-hybridized carbons (Fsp3) is 0.667. The van der Waals surface area contributed by atoms with Crippen molar-refractivity contribution >= 4 is 23.8 Å². The van der Waals surface area contributed by atoms with Gasteiger partial charge < -0.3 is 41.1 Å². The maximum Gasteiger partial charge on any atom is 0.321 e. The summed E-state index contributed by atoms with van der Waals surface area (Å²) in [5, 5.41) is 53.2. The average molecular weight is 597 g/mol. The predicted molar refractivity (Wildman–Crippen MR) is 150 cm³/mol. The maximum absolute atomic E-state index is 12.5. The first-order valence-corrected chi connectivity index (χ1v) is 14.0. The first-order chi connectivity index (χ1) is 19.9. The van der Waals surface area contributed by atoms with Crippen molar-refractivity contribution in [3.8, 4) is 0 Å². The SMILES string of the molecule is CCC(O)CNC(=O)CC(C(=O)O)N1CCN(C)CCN(C(CC(=O)NCC(O)CO)C(=O)O)Cc2cccc(n2)C1. The molecule has 2 bridgehead atoms. The predicted octanol–water partition coefficient (Wildman–Crippen LogP) is -2.33. The zero-order chi connectivity index (χ0) is 31.2. The quantitative estimate of drug-likeness (QED) is 0.120. The van der Waals surface area contributed by atoms with E-state index in [1.807, 2.05) is 11.9 Å². The Balaban J connectivity index is 2.25. The molecular formula is C27H44N6O9. The van der Waals surface area contributed by atoms with Crippen LogP contribution < -0.4 is 10.6 Å². The summed E-state index contributed by atoms with van der Waals surface area (Å²) in [5.41, 5.74) is 1.06. The molecule has 0 aliphatic carbocycles. The van der Waals surface area contributed by atoms with Crippen molar-refractivity contribution in [2.45, 2.75) is 63.6 Å². The number of hydrogen-bond acceptors (Lipinski definition) is 11. The van der Waals surface area contributed by atoms with Gasteiger partial charge >= 0.3 is 11.9 Å². The van der Waals surface area contributed by atoms with Crippen LogP contribution in [-0.2, 0) is 32.3 Å². The number of carbonyl (C=O) groups excluding carboxylic acids is 2. The number of likely N-dealkylation sites (N-methyl/N-ethyl adjacent to an activating group) is 1. The molecule has 0 aromatic carbocycles. The van der Waals surface area contributed by atoms with E-state index < -0.39 is 54.7 Å². The maximum atomic E-state index is 12.5. The highest BCUT2D eigenvalue weighted by molar-refractivity contribution is 5.85. The molecule has 2 heterocycles. The van der Waals surface area contributed by atoms with Crippen molar-refractivity contribution in [3.05, 3.63) is 29.6 Å². The fourth-order valence-electron chi connectivity index (χ4n) is 4.43. The molecule has 0 radical (unpaired) electrons. The van der Waals surface area contributed by atoms with Gasteiger partial charge in [-0.2, -0.15) is 0 Å². The number of aliphatic hydroxyl groups excluding tert-OH is 3. The molecule has 2 amide bonds. The van der Waals surface area contributed by atoms with Crippen molar-refractivity contribution in [2.75, 3.05) is 52.9 Å². The van der Waals surface area contributed by atoms with E-state index in [1.165, 1.54) is 0 Å². The molecule has 2 rings (SSSR count). The summed E-state index contributed by atoms with van der Waals surface area (Å²) in [4.78, 5) is 59.3. The Hall–Kier alpha value is -3.21. The number of pyridine rings is 1. The van der Waals surface area contributed by atoms with Gasteiger partial charge in [0.25, 0.3) is 0 Å². The number of aliphatic carboxylic acids is 2. The van der Waals surface area contributed by atoms with E-state index in [4.69, 9.17) is 5.11 Å². The Labute approximate surface area is 245 Å². The van der Waals surface area contributed by atoms with Crippen LogP contribution in [0.15, 0.2) is 18.2 Å². The molecule has 7 N–H and O–H groups in total. The molecule has 42 heavy (non-hydrogen) atoms. The molecule has 0 saturated heterocycles. The van der Waals surface area contributed by atoms with Crippen LogP contribution in [0.1, 0.15) is 37.6 Å². The summed E-state index contributed by atoms with van der Waals surface area (Å²) in [6.07, 6.45) is -2.09. The third-order valence-corrected chi connectivity index (χ3v) is 7.09. The highest BCUT2D eigenvalue weighted by atomic mass is 16.4. The van der Waals surface area contributed by atoms with Crippen LogP contribution >= 0.6 is 0 Å². The number of carbonyl (C=O) groups is 4. The second kappa shape index (κ2) is 17.7. The Morgan fingerprint density at radius 3 is 1.69 bits per heavy atom. The Bertz CT molecular complexity index is 970. The van der Waals surface area contributed by atoms with Crippen LogP contribution in [0.4, 0.5) is 0 Å². The highest BCUT2D eigenvalue weighted by Crippen LogP contribution is 2.16. The van der Waals surface area contributed by atoms with Crippen LogP contribution in [0, 0.1) is 0 Å². The zero-order valence-electron chi connectivity index (χ0n) is 24.2. The molecule has 236 valence electrons. The molecule has 4 unspecified atom stereocenters. The van der Waals surface area contributed by atoms with E-state index in [1.54, 1.807) is 34.9 Å². The molecule has 1 aliphatic rings. The molecule has 0 fully saturated rings. The number of hydrogen-bond donors (Lipinski definition) is 7. The van der Waals surface area contributed by atoms with Crippen molar-refractivity contribution < 1.29 is 44.7 Å². The first kappa shape index (κ1) is 35.0. The summed E-state index contributed by atoms with van der Waals surface area (Å²) in [6.45, 7) is 2.65. The van der Waals surface area contributed by atoms with Crippen molar-refractivity contribution in [3.63, 3.8) is 0 Å². The molecule has 15 heteroatoms. The van der Waals surface area contributed by atoms with Crippen LogP contribution in [0.3, 0.4) is 0 Å². The highest BCUT2D eigenvalue weighted by Gasteiger charge is 2.31. The van der Waals surface area contributed by atoms with Gasteiger partial charge in [-0.05, 0) is 25.6 Å². The first-order valence-electron chi connectivity index (χ1n) is 14.0. The Morgan fingerprint density at radius 2 is 1.29 bits per heavy atom. The van der Waals surface area contributed by atoms with Gasteiger partial charge in [0.05, 0.1) is 43.0 Å². The minimum atomic E-state index is -1.20. The molecule has 1 aromatic rings. The molecule has 0 saturated carbocycles. The van der Waals surface area contributed by atoms with E-state index in [-0.39, 0.29) is 52.1 Å². The van der Waals surface area contributed by atoms with E-state index in [0.717, 1.165) is 0 Å². The van der Waals surface area contributed by atoms with Gasteiger partial charge in [-0.1, -0.05) is 13.0 Å². The van der Waals surface area contributed by atoms with Gasteiger partial charge in [-0.3, -0.25) is 34.0 Å². The summed E-state index contributed by atoms with van der Waals surface area (Å²) in [5.74, 6) is -3.42. The second-order valence-electron chi connectivity index (χ2n) is 10.5. The lowest BCUT2D eigenvalue weighted by Gasteiger charge is -2.33. The smallest absolute Gasteiger partial charge is 0.321 e. The second-order valence-corrected chi connectivity index (χ2v) is 10.5. The van der Waals surface area contributed by atoms with Crippen molar-refractivity contribution in [2.24, 2.45) is 0 Å². The third kappa shape index (κ3) is 12.0. The van der Waals surface area contributed by atoms with Crippen LogP contribution in [0.25, 0.3) is 0 Å².